The van der Waals surface area contributed by atoms with Crippen molar-refractivity contribution in [1.29, 1.82) is 0 Å². The highest BCUT2D eigenvalue weighted by molar-refractivity contribution is 6.04. The first kappa shape index (κ1) is 27.2. The lowest BCUT2D eigenvalue weighted by Gasteiger charge is -2.38. The van der Waals surface area contributed by atoms with E-state index in [1.54, 1.807) is 18.2 Å². The summed E-state index contributed by atoms with van der Waals surface area (Å²) in [4.78, 5) is 28.0. The Hall–Kier alpha value is -3.34. The number of esters is 1. The second kappa shape index (κ2) is 11.0. The predicted molar refractivity (Wildman–Crippen MR) is 153 cm³/mol. The van der Waals surface area contributed by atoms with Gasteiger partial charge in [-0.3, -0.25) is 4.79 Å². The SMILES string of the molecule is Cc1cc(C)c(C2CC(=O)C3=C(C2)NC(CC(C)C)=C(C(=O)OC2CCCC2)C3c2cccc(O)c2)c(C)c1. The van der Waals surface area contributed by atoms with Crippen molar-refractivity contribution in [3.05, 3.63) is 86.8 Å². The maximum atomic E-state index is 14.1. The summed E-state index contributed by atoms with van der Waals surface area (Å²) >= 11 is 0. The molecule has 2 aliphatic carbocycles. The van der Waals surface area contributed by atoms with Crippen molar-refractivity contribution in [2.24, 2.45) is 5.92 Å². The first-order valence-electron chi connectivity index (χ1n) is 14.5. The number of ketones is 1. The van der Waals surface area contributed by atoms with Crippen LogP contribution in [0, 0.1) is 26.7 Å². The molecule has 5 nitrogen and oxygen atoms in total. The molecule has 5 rings (SSSR count). The normalized spacial score (nSPS) is 21.8. The van der Waals surface area contributed by atoms with Crippen LogP contribution in [-0.2, 0) is 14.3 Å². The van der Waals surface area contributed by atoms with Crippen LogP contribution < -0.4 is 5.32 Å². The van der Waals surface area contributed by atoms with Crippen molar-refractivity contribution in [3.63, 3.8) is 0 Å². The third-order valence-corrected chi connectivity index (χ3v) is 8.47. The summed E-state index contributed by atoms with van der Waals surface area (Å²) < 4.78 is 6.06. The van der Waals surface area contributed by atoms with Gasteiger partial charge in [0.15, 0.2) is 5.78 Å². The van der Waals surface area contributed by atoms with Gasteiger partial charge in [0.25, 0.3) is 0 Å². The Balaban J connectivity index is 1.62. The number of aromatic hydroxyl groups is 1. The number of Topliss-reactive ketones (excluding diaryl/α,β-unsaturated/α-hetero) is 1. The molecular weight excluding hydrogens is 486 g/mol. The molecule has 206 valence electrons. The summed E-state index contributed by atoms with van der Waals surface area (Å²) in [6.07, 6.45) is 5.58. The molecule has 2 N–H and O–H groups in total. The molecule has 2 aromatic carbocycles. The minimum Gasteiger partial charge on any atom is -0.508 e. The van der Waals surface area contributed by atoms with Gasteiger partial charge in [-0.15, -0.1) is 0 Å². The number of aryl methyl sites for hydroxylation is 3. The first-order chi connectivity index (χ1) is 18.6. The number of benzene rings is 2. The summed E-state index contributed by atoms with van der Waals surface area (Å²) in [6.45, 7) is 10.6. The van der Waals surface area contributed by atoms with Crippen LogP contribution in [0.2, 0.25) is 0 Å². The van der Waals surface area contributed by atoms with E-state index < -0.39 is 5.92 Å². The lowest BCUT2D eigenvalue weighted by molar-refractivity contribution is -0.144. The van der Waals surface area contributed by atoms with Gasteiger partial charge in [0.2, 0.25) is 0 Å². The van der Waals surface area contributed by atoms with Crippen LogP contribution >= 0.6 is 0 Å². The van der Waals surface area contributed by atoms with Crippen molar-refractivity contribution in [3.8, 4) is 5.75 Å². The fraction of sp³-hybridized carbons (Fsp3) is 0.471. The zero-order valence-corrected chi connectivity index (χ0v) is 23.9. The Bertz CT molecular complexity index is 1340. The third kappa shape index (κ3) is 5.54. The molecule has 0 aromatic heterocycles. The number of nitrogens with one attached hydrogen (secondary N) is 1. The van der Waals surface area contributed by atoms with E-state index in [9.17, 15) is 14.7 Å². The molecule has 0 radical (unpaired) electrons. The van der Waals surface area contributed by atoms with E-state index in [0.29, 0.717) is 36.3 Å². The number of phenols is 1. The van der Waals surface area contributed by atoms with Crippen molar-refractivity contribution in [2.45, 2.75) is 97.5 Å². The number of phenolic OH excluding ortho intramolecular Hbond substituents is 1. The van der Waals surface area contributed by atoms with E-state index in [0.717, 1.165) is 42.6 Å². The van der Waals surface area contributed by atoms with Crippen LogP contribution in [0.3, 0.4) is 0 Å². The van der Waals surface area contributed by atoms with Crippen LogP contribution in [0.4, 0.5) is 0 Å². The van der Waals surface area contributed by atoms with Crippen LogP contribution in [0.25, 0.3) is 0 Å². The Morgan fingerprint density at radius 2 is 1.74 bits per heavy atom. The van der Waals surface area contributed by atoms with E-state index >= 15 is 0 Å². The molecule has 5 heteroatoms. The number of hydrogen-bond donors (Lipinski definition) is 2. The van der Waals surface area contributed by atoms with Gasteiger partial charge in [0.1, 0.15) is 11.9 Å². The van der Waals surface area contributed by atoms with Gasteiger partial charge in [-0.2, -0.15) is 0 Å². The molecule has 2 unspecified atom stereocenters. The Labute approximate surface area is 232 Å². The van der Waals surface area contributed by atoms with Crippen LogP contribution in [0.15, 0.2) is 58.9 Å². The van der Waals surface area contributed by atoms with Crippen LogP contribution in [0.5, 0.6) is 5.75 Å². The topological polar surface area (TPSA) is 75.6 Å². The Kier molecular flexibility index (Phi) is 7.70. The quantitative estimate of drug-likeness (QED) is 0.389. The van der Waals surface area contributed by atoms with Crippen LogP contribution in [0.1, 0.15) is 98.4 Å². The van der Waals surface area contributed by atoms with Crippen molar-refractivity contribution >= 4 is 11.8 Å². The Morgan fingerprint density at radius 1 is 1.05 bits per heavy atom. The van der Waals surface area contributed by atoms with Gasteiger partial charge in [-0.1, -0.05) is 43.7 Å². The summed E-state index contributed by atoms with van der Waals surface area (Å²) in [6, 6.07) is 11.4. The zero-order chi connectivity index (χ0) is 27.8. The molecule has 1 aliphatic heterocycles. The molecule has 2 aromatic rings. The highest BCUT2D eigenvalue weighted by atomic mass is 16.5. The minimum absolute atomic E-state index is 0.0521. The summed E-state index contributed by atoms with van der Waals surface area (Å²) in [5, 5.41) is 14.0. The van der Waals surface area contributed by atoms with Crippen molar-refractivity contribution in [2.75, 3.05) is 0 Å². The van der Waals surface area contributed by atoms with E-state index in [2.05, 4.69) is 52.1 Å². The number of ether oxygens (including phenoxy) is 1. The fourth-order valence-electron chi connectivity index (χ4n) is 7.06. The van der Waals surface area contributed by atoms with Crippen LogP contribution in [-0.4, -0.2) is 23.0 Å². The summed E-state index contributed by atoms with van der Waals surface area (Å²) in [7, 11) is 0. The number of rotatable bonds is 6. The number of carbonyl (C=O) groups is 2. The van der Waals surface area contributed by atoms with Crippen molar-refractivity contribution < 1.29 is 19.4 Å². The minimum atomic E-state index is -0.565. The zero-order valence-electron chi connectivity index (χ0n) is 23.9. The molecule has 0 bridgehead atoms. The third-order valence-electron chi connectivity index (χ3n) is 8.47. The predicted octanol–water partition coefficient (Wildman–Crippen LogP) is 7.19. The molecule has 1 fully saturated rings. The highest BCUT2D eigenvalue weighted by Crippen LogP contribution is 2.48. The molecular formula is C34H41NO4. The molecule has 39 heavy (non-hydrogen) atoms. The van der Waals surface area contributed by atoms with Gasteiger partial charge in [0, 0.05) is 29.3 Å². The Morgan fingerprint density at radius 3 is 2.38 bits per heavy atom. The van der Waals surface area contributed by atoms with E-state index in [4.69, 9.17) is 4.74 Å². The fourth-order valence-corrected chi connectivity index (χ4v) is 7.06. The molecule has 0 saturated heterocycles. The van der Waals surface area contributed by atoms with Gasteiger partial charge in [0.05, 0.1) is 5.57 Å². The maximum absolute atomic E-state index is 14.1. The van der Waals surface area contributed by atoms with E-state index in [-0.39, 0.29) is 29.5 Å². The standard InChI is InChI=1S/C34H41NO4/c1-19(2)13-27-33(34(38)39-26-11-6-7-12-26)31(23-9-8-10-25(36)16-23)32-28(35-27)17-24(18-29(32)37)30-21(4)14-20(3)15-22(30)5/h8-10,14-16,19,24,26,31,35-36H,6-7,11-13,17-18H2,1-5H3. The van der Waals surface area contributed by atoms with E-state index in [1.807, 2.05) is 6.07 Å². The number of hydrogen-bond acceptors (Lipinski definition) is 5. The lowest BCUT2D eigenvalue weighted by atomic mass is 9.70. The number of carbonyl (C=O) groups excluding carboxylic acids is 2. The van der Waals surface area contributed by atoms with Gasteiger partial charge < -0.3 is 15.2 Å². The molecule has 0 spiro atoms. The van der Waals surface area contributed by atoms with Crippen molar-refractivity contribution in [1.82, 2.24) is 5.32 Å². The average molecular weight is 528 g/mol. The summed E-state index contributed by atoms with van der Waals surface area (Å²) in [5.41, 5.74) is 8.56. The smallest absolute Gasteiger partial charge is 0.337 e. The molecule has 2 atom stereocenters. The lowest BCUT2D eigenvalue weighted by Crippen LogP contribution is -2.37. The molecule has 0 amide bonds. The highest BCUT2D eigenvalue weighted by Gasteiger charge is 2.43. The number of dihydropyridines is 1. The van der Waals surface area contributed by atoms with E-state index in [1.165, 1.54) is 22.3 Å². The average Bonchev–Trinajstić information content (AvgIpc) is 3.35. The second-order valence-corrected chi connectivity index (χ2v) is 12.2. The molecule has 3 aliphatic rings. The monoisotopic (exact) mass is 527 g/mol. The van der Waals surface area contributed by atoms with Gasteiger partial charge >= 0.3 is 5.97 Å². The summed E-state index contributed by atoms with van der Waals surface area (Å²) in [5.74, 6) is -0.368. The molecule has 1 heterocycles. The second-order valence-electron chi connectivity index (χ2n) is 12.2. The van der Waals surface area contributed by atoms with Gasteiger partial charge in [-0.05, 0) is 106 Å². The number of allylic oxidation sites excluding steroid dienone is 3. The van der Waals surface area contributed by atoms with Gasteiger partial charge in [-0.25, -0.2) is 4.79 Å². The molecule has 1 saturated carbocycles. The largest absolute Gasteiger partial charge is 0.508 e. The first-order valence-corrected chi connectivity index (χ1v) is 14.5. The maximum Gasteiger partial charge on any atom is 0.337 e.